The van der Waals surface area contributed by atoms with Crippen molar-refractivity contribution in [3.8, 4) is 11.5 Å². The third kappa shape index (κ3) is 4.77. The number of anilines is 1. The minimum Gasteiger partial charge on any atom is -0.493 e. The number of amides is 1. The highest BCUT2D eigenvalue weighted by molar-refractivity contribution is 5.90. The zero-order valence-corrected chi connectivity index (χ0v) is 16.4. The molecular formula is C21H23FN2O5. The molecule has 0 atom stereocenters. The van der Waals surface area contributed by atoms with Gasteiger partial charge in [0.1, 0.15) is 5.82 Å². The number of ether oxygens (including phenoxy) is 3. The van der Waals surface area contributed by atoms with Crippen LogP contribution >= 0.6 is 0 Å². The van der Waals surface area contributed by atoms with Gasteiger partial charge in [0.2, 0.25) is 0 Å². The normalized spacial score (nSPS) is 13.8. The van der Waals surface area contributed by atoms with Crippen LogP contribution in [0.1, 0.15) is 10.4 Å². The van der Waals surface area contributed by atoms with Crippen molar-refractivity contribution in [1.82, 2.24) is 4.90 Å². The highest BCUT2D eigenvalue weighted by Crippen LogP contribution is 2.28. The summed E-state index contributed by atoms with van der Waals surface area (Å²) in [5.41, 5.74) is 0.874. The predicted molar refractivity (Wildman–Crippen MR) is 105 cm³/mol. The van der Waals surface area contributed by atoms with Gasteiger partial charge in [0.05, 0.1) is 25.5 Å². The molecule has 2 aromatic carbocycles. The first-order chi connectivity index (χ1) is 14.0. The molecule has 0 unspecified atom stereocenters. The first-order valence-electron chi connectivity index (χ1n) is 9.20. The Morgan fingerprint density at radius 1 is 1.00 bits per heavy atom. The number of rotatable bonds is 6. The van der Waals surface area contributed by atoms with E-state index in [-0.39, 0.29) is 18.3 Å². The number of piperazine rings is 1. The zero-order chi connectivity index (χ0) is 20.8. The lowest BCUT2D eigenvalue weighted by Gasteiger charge is -2.36. The first-order valence-corrected chi connectivity index (χ1v) is 9.20. The Labute approximate surface area is 168 Å². The van der Waals surface area contributed by atoms with Crippen molar-refractivity contribution in [2.24, 2.45) is 0 Å². The van der Waals surface area contributed by atoms with Crippen LogP contribution in [0.2, 0.25) is 0 Å². The van der Waals surface area contributed by atoms with Crippen molar-refractivity contribution in [3.05, 3.63) is 53.8 Å². The lowest BCUT2D eigenvalue weighted by Crippen LogP contribution is -2.50. The molecule has 1 saturated heterocycles. The number of carbonyl (C=O) groups excluding carboxylic acids is 2. The second-order valence-electron chi connectivity index (χ2n) is 6.47. The Hall–Kier alpha value is -3.29. The minimum atomic E-state index is -0.487. The van der Waals surface area contributed by atoms with Crippen molar-refractivity contribution in [3.63, 3.8) is 0 Å². The van der Waals surface area contributed by atoms with E-state index >= 15 is 0 Å². The quantitative estimate of drug-likeness (QED) is 0.691. The Balaban J connectivity index is 1.55. The minimum absolute atomic E-state index is 0.159. The molecule has 0 aliphatic carbocycles. The molecular weight excluding hydrogens is 379 g/mol. The number of nitrogens with zero attached hydrogens (tertiary/aromatic N) is 2. The number of carbonyl (C=O) groups is 2. The fourth-order valence-corrected chi connectivity index (χ4v) is 3.17. The topological polar surface area (TPSA) is 68.3 Å². The van der Waals surface area contributed by atoms with E-state index in [0.717, 1.165) is 0 Å². The molecule has 154 valence electrons. The molecule has 0 N–H and O–H groups in total. The molecule has 1 fully saturated rings. The largest absolute Gasteiger partial charge is 0.493 e. The Morgan fingerprint density at radius 3 is 2.38 bits per heavy atom. The van der Waals surface area contributed by atoms with E-state index in [1.807, 2.05) is 4.90 Å². The van der Waals surface area contributed by atoms with Gasteiger partial charge in [-0.05, 0) is 30.3 Å². The third-order valence-corrected chi connectivity index (χ3v) is 4.76. The number of para-hydroxylation sites is 1. The maximum Gasteiger partial charge on any atom is 0.337 e. The molecule has 7 nitrogen and oxygen atoms in total. The molecule has 0 aromatic heterocycles. The van der Waals surface area contributed by atoms with Gasteiger partial charge in [-0.2, -0.15) is 0 Å². The van der Waals surface area contributed by atoms with Crippen molar-refractivity contribution in [1.29, 1.82) is 0 Å². The maximum atomic E-state index is 13.9. The van der Waals surface area contributed by atoms with E-state index in [1.165, 1.54) is 26.4 Å². The Morgan fingerprint density at radius 2 is 1.72 bits per heavy atom. The smallest absolute Gasteiger partial charge is 0.337 e. The van der Waals surface area contributed by atoms with Gasteiger partial charge in [-0.15, -0.1) is 0 Å². The standard InChI is InChI=1S/C21H23FN2O5/c1-27-19-13-15(21(26)28-2)7-8-18(19)29-14-20(25)24-11-9-23(10-12-24)17-6-4-3-5-16(17)22/h3-8,13H,9-12,14H2,1-2H3. The molecule has 1 aliphatic heterocycles. The van der Waals surface area contributed by atoms with Gasteiger partial charge in [-0.25, -0.2) is 9.18 Å². The van der Waals surface area contributed by atoms with E-state index in [2.05, 4.69) is 4.74 Å². The summed E-state index contributed by atoms with van der Waals surface area (Å²) >= 11 is 0. The Bertz CT molecular complexity index is 881. The Kier molecular flexibility index (Phi) is 6.54. The second-order valence-corrected chi connectivity index (χ2v) is 6.47. The average molecular weight is 402 g/mol. The van der Waals surface area contributed by atoms with Gasteiger partial charge in [-0.3, -0.25) is 4.79 Å². The van der Waals surface area contributed by atoms with Crippen LogP contribution < -0.4 is 14.4 Å². The summed E-state index contributed by atoms with van der Waals surface area (Å²) in [6.07, 6.45) is 0. The molecule has 0 saturated carbocycles. The molecule has 1 amide bonds. The first kappa shape index (κ1) is 20.4. The third-order valence-electron chi connectivity index (χ3n) is 4.76. The summed E-state index contributed by atoms with van der Waals surface area (Å²) in [7, 11) is 2.75. The summed E-state index contributed by atoms with van der Waals surface area (Å²) in [4.78, 5) is 27.7. The highest BCUT2D eigenvalue weighted by Gasteiger charge is 2.23. The molecule has 0 bridgehead atoms. The lowest BCUT2D eigenvalue weighted by molar-refractivity contribution is -0.133. The zero-order valence-electron chi connectivity index (χ0n) is 16.4. The fraction of sp³-hybridized carbons (Fsp3) is 0.333. The van der Waals surface area contributed by atoms with Crippen LogP contribution in [0.15, 0.2) is 42.5 Å². The molecule has 0 spiro atoms. The maximum absolute atomic E-state index is 13.9. The SMILES string of the molecule is COC(=O)c1ccc(OCC(=O)N2CCN(c3ccccc3F)CC2)c(OC)c1. The number of methoxy groups -OCH3 is 2. The average Bonchev–Trinajstić information content (AvgIpc) is 2.77. The summed E-state index contributed by atoms with van der Waals surface area (Å²) < 4.78 is 29.4. The number of esters is 1. The van der Waals surface area contributed by atoms with Gasteiger partial charge < -0.3 is 24.0 Å². The molecule has 0 radical (unpaired) electrons. The molecule has 8 heteroatoms. The van der Waals surface area contributed by atoms with Gasteiger partial charge >= 0.3 is 5.97 Å². The van der Waals surface area contributed by atoms with Crippen LogP contribution in [0, 0.1) is 5.82 Å². The summed E-state index contributed by atoms with van der Waals surface area (Å²) in [6.45, 7) is 1.89. The summed E-state index contributed by atoms with van der Waals surface area (Å²) in [5.74, 6) is -0.224. The second kappa shape index (κ2) is 9.27. The van der Waals surface area contributed by atoms with Crippen LogP contribution in [0.5, 0.6) is 11.5 Å². The van der Waals surface area contributed by atoms with Gasteiger partial charge in [0, 0.05) is 26.2 Å². The number of hydrogen-bond donors (Lipinski definition) is 0. The molecule has 1 heterocycles. The van der Waals surface area contributed by atoms with Gasteiger partial charge in [-0.1, -0.05) is 12.1 Å². The predicted octanol–water partition coefficient (Wildman–Crippen LogP) is 2.35. The fourth-order valence-electron chi connectivity index (χ4n) is 3.17. The van der Waals surface area contributed by atoms with E-state index in [4.69, 9.17) is 9.47 Å². The van der Waals surface area contributed by atoms with Crippen molar-refractivity contribution in [2.75, 3.05) is 51.9 Å². The molecule has 1 aliphatic rings. The number of halogens is 1. The van der Waals surface area contributed by atoms with Crippen LogP contribution in [0.4, 0.5) is 10.1 Å². The van der Waals surface area contributed by atoms with E-state index in [9.17, 15) is 14.0 Å². The molecule has 2 aromatic rings. The summed E-state index contributed by atoms with van der Waals surface area (Å²) in [5, 5.41) is 0. The number of hydrogen-bond acceptors (Lipinski definition) is 6. The van der Waals surface area contributed by atoms with Crippen LogP contribution in [0.3, 0.4) is 0 Å². The summed E-state index contributed by atoms with van der Waals surface area (Å²) in [6, 6.07) is 11.2. The van der Waals surface area contributed by atoms with E-state index in [0.29, 0.717) is 48.9 Å². The molecule has 3 rings (SSSR count). The lowest BCUT2D eigenvalue weighted by atomic mass is 10.2. The van der Waals surface area contributed by atoms with Crippen LogP contribution in [-0.4, -0.2) is 63.8 Å². The monoisotopic (exact) mass is 402 g/mol. The number of benzene rings is 2. The van der Waals surface area contributed by atoms with Crippen LogP contribution in [-0.2, 0) is 9.53 Å². The van der Waals surface area contributed by atoms with Crippen molar-refractivity contribution in [2.45, 2.75) is 0 Å². The van der Waals surface area contributed by atoms with E-state index in [1.54, 1.807) is 35.2 Å². The van der Waals surface area contributed by atoms with Crippen molar-refractivity contribution < 1.29 is 28.2 Å². The highest BCUT2D eigenvalue weighted by atomic mass is 19.1. The molecule has 29 heavy (non-hydrogen) atoms. The van der Waals surface area contributed by atoms with Gasteiger partial charge in [0.25, 0.3) is 5.91 Å². The van der Waals surface area contributed by atoms with Gasteiger partial charge in [0.15, 0.2) is 18.1 Å². The van der Waals surface area contributed by atoms with Crippen LogP contribution in [0.25, 0.3) is 0 Å². The van der Waals surface area contributed by atoms with Crippen molar-refractivity contribution >= 4 is 17.6 Å². The van der Waals surface area contributed by atoms with E-state index < -0.39 is 5.97 Å².